The van der Waals surface area contributed by atoms with E-state index < -0.39 is 5.54 Å². The van der Waals surface area contributed by atoms with Crippen molar-refractivity contribution in [2.24, 2.45) is 0 Å². The number of carbonyl (C=O) groups excluding carboxylic acids is 1. The van der Waals surface area contributed by atoms with Gasteiger partial charge in [0.05, 0.1) is 7.11 Å². The topological polar surface area (TPSA) is 29.5 Å². The predicted molar refractivity (Wildman–Crippen MR) is 79.6 cm³/mol. The quantitative estimate of drug-likeness (QED) is 0.783. The normalized spacial score (nSPS) is 12.2. The van der Waals surface area contributed by atoms with Crippen molar-refractivity contribution >= 4 is 11.7 Å². The van der Waals surface area contributed by atoms with Crippen LogP contribution in [0.25, 0.3) is 0 Å². The van der Waals surface area contributed by atoms with E-state index >= 15 is 0 Å². The Balaban J connectivity index is 3.02. The van der Waals surface area contributed by atoms with Crippen LogP contribution in [0.15, 0.2) is 24.3 Å². The molecule has 19 heavy (non-hydrogen) atoms. The van der Waals surface area contributed by atoms with Crippen LogP contribution in [0.3, 0.4) is 0 Å². The average molecular weight is 263 g/mol. The second kappa shape index (κ2) is 5.24. The van der Waals surface area contributed by atoms with Crippen LogP contribution in [0, 0.1) is 0 Å². The van der Waals surface area contributed by atoms with Crippen molar-refractivity contribution in [3.8, 4) is 0 Å². The largest absolute Gasteiger partial charge is 0.467 e. The number of carbonyl (C=O) groups is 1. The number of likely N-dealkylation sites (N-methyl/N-ethyl adjacent to an activating group) is 1. The van der Waals surface area contributed by atoms with Crippen molar-refractivity contribution < 1.29 is 9.53 Å². The molecular formula is C16H25NO2. The summed E-state index contributed by atoms with van der Waals surface area (Å²) in [4.78, 5) is 13.7. The molecule has 3 heteroatoms. The second-order valence-electron chi connectivity index (χ2n) is 6.41. The summed E-state index contributed by atoms with van der Waals surface area (Å²) in [6.45, 7) is 10.3. The number of esters is 1. The van der Waals surface area contributed by atoms with Gasteiger partial charge in [-0.15, -0.1) is 0 Å². The minimum Gasteiger partial charge on any atom is -0.467 e. The molecule has 0 spiro atoms. The van der Waals surface area contributed by atoms with Gasteiger partial charge in [0.15, 0.2) is 0 Å². The summed E-state index contributed by atoms with van der Waals surface area (Å²) in [6.07, 6.45) is 0. The molecule has 0 aliphatic heterocycles. The van der Waals surface area contributed by atoms with Crippen molar-refractivity contribution in [3.63, 3.8) is 0 Å². The maximum absolute atomic E-state index is 11.8. The standard InChI is InChI=1S/C16H25NO2/c1-15(2,3)12-8-10-13(11-9-12)17(6)16(4,5)14(18)19-7/h8-11H,1-7H3. The molecule has 1 aromatic carbocycles. The molecule has 0 atom stereocenters. The minimum atomic E-state index is -0.683. The maximum Gasteiger partial charge on any atom is 0.331 e. The number of ether oxygens (including phenoxy) is 1. The first-order valence-corrected chi connectivity index (χ1v) is 6.53. The van der Waals surface area contributed by atoms with E-state index in [2.05, 4.69) is 32.9 Å². The van der Waals surface area contributed by atoms with Gasteiger partial charge >= 0.3 is 5.97 Å². The number of benzene rings is 1. The predicted octanol–water partition coefficient (Wildman–Crippen LogP) is 3.37. The molecule has 0 aliphatic rings. The summed E-state index contributed by atoms with van der Waals surface area (Å²) >= 11 is 0. The lowest BCUT2D eigenvalue weighted by Crippen LogP contribution is -2.48. The van der Waals surface area contributed by atoms with E-state index in [1.807, 2.05) is 37.9 Å². The van der Waals surface area contributed by atoms with Crippen LogP contribution in [-0.2, 0) is 14.9 Å². The molecule has 3 nitrogen and oxygen atoms in total. The zero-order valence-corrected chi connectivity index (χ0v) is 13.1. The molecule has 0 bridgehead atoms. The van der Waals surface area contributed by atoms with Crippen molar-refractivity contribution in [2.75, 3.05) is 19.1 Å². The van der Waals surface area contributed by atoms with E-state index in [0.717, 1.165) is 5.69 Å². The Hall–Kier alpha value is -1.51. The Bertz CT molecular complexity index is 441. The van der Waals surface area contributed by atoms with Gasteiger partial charge in [0.2, 0.25) is 0 Å². The smallest absolute Gasteiger partial charge is 0.331 e. The Labute approximate surface area is 116 Å². The van der Waals surface area contributed by atoms with Gasteiger partial charge in [0.1, 0.15) is 5.54 Å². The molecule has 0 fully saturated rings. The fourth-order valence-electron chi connectivity index (χ4n) is 1.89. The van der Waals surface area contributed by atoms with Crippen molar-refractivity contribution in [1.29, 1.82) is 0 Å². The molecule has 0 unspecified atom stereocenters. The van der Waals surface area contributed by atoms with Crippen LogP contribution in [-0.4, -0.2) is 25.7 Å². The van der Waals surface area contributed by atoms with Gasteiger partial charge in [0, 0.05) is 12.7 Å². The maximum atomic E-state index is 11.8. The first kappa shape index (κ1) is 15.5. The summed E-state index contributed by atoms with van der Waals surface area (Å²) in [7, 11) is 3.32. The Morgan fingerprint density at radius 1 is 1.05 bits per heavy atom. The van der Waals surface area contributed by atoms with Crippen molar-refractivity contribution in [2.45, 2.75) is 45.6 Å². The van der Waals surface area contributed by atoms with Gasteiger partial charge in [-0.2, -0.15) is 0 Å². The van der Waals surface area contributed by atoms with Gasteiger partial charge in [-0.3, -0.25) is 0 Å². The molecule has 0 amide bonds. The summed E-state index contributed by atoms with van der Waals surface area (Å²) in [5.41, 5.74) is 1.73. The number of hydrogen-bond acceptors (Lipinski definition) is 3. The Kier molecular flexibility index (Phi) is 4.28. The van der Waals surface area contributed by atoms with Gasteiger partial charge in [0.25, 0.3) is 0 Å². The van der Waals surface area contributed by atoms with E-state index in [1.54, 1.807) is 0 Å². The third kappa shape index (κ3) is 3.28. The average Bonchev–Trinajstić information content (AvgIpc) is 2.35. The lowest BCUT2D eigenvalue weighted by atomic mass is 9.87. The zero-order chi connectivity index (χ0) is 14.8. The van der Waals surface area contributed by atoms with E-state index in [1.165, 1.54) is 12.7 Å². The minimum absolute atomic E-state index is 0.134. The van der Waals surface area contributed by atoms with Gasteiger partial charge in [-0.05, 0) is 37.0 Å². The highest BCUT2D eigenvalue weighted by Gasteiger charge is 2.33. The molecule has 1 aromatic rings. The Morgan fingerprint density at radius 3 is 1.89 bits per heavy atom. The molecule has 0 aliphatic carbocycles. The highest BCUT2D eigenvalue weighted by atomic mass is 16.5. The summed E-state index contributed by atoms with van der Waals surface area (Å²) in [5, 5.41) is 0. The van der Waals surface area contributed by atoms with E-state index in [0.29, 0.717) is 0 Å². The van der Waals surface area contributed by atoms with Gasteiger partial charge < -0.3 is 9.64 Å². The molecule has 1 rings (SSSR count). The molecule has 0 heterocycles. The van der Waals surface area contributed by atoms with E-state index in [4.69, 9.17) is 4.74 Å². The van der Waals surface area contributed by atoms with Gasteiger partial charge in [-0.1, -0.05) is 32.9 Å². The lowest BCUT2D eigenvalue weighted by molar-refractivity contribution is -0.145. The number of rotatable bonds is 3. The van der Waals surface area contributed by atoms with Crippen LogP contribution < -0.4 is 4.90 Å². The monoisotopic (exact) mass is 263 g/mol. The fraction of sp³-hybridized carbons (Fsp3) is 0.562. The first-order valence-electron chi connectivity index (χ1n) is 6.53. The molecule has 0 N–H and O–H groups in total. The van der Waals surface area contributed by atoms with E-state index in [-0.39, 0.29) is 11.4 Å². The molecule has 106 valence electrons. The lowest BCUT2D eigenvalue weighted by Gasteiger charge is -2.35. The summed E-state index contributed by atoms with van der Waals surface area (Å²) in [6, 6.07) is 8.31. The first-order chi connectivity index (χ1) is 8.60. The Morgan fingerprint density at radius 2 is 1.53 bits per heavy atom. The molecular weight excluding hydrogens is 238 g/mol. The fourth-order valence-corrected chi connectivity index (χ4v) is 1.89. The zero-order valence-electron chi connectivity index (χ0n) is 13.1. The molecule has 0 aromatic heterocycles. The third-order valence-electron chi connectivity index (χ3n) is 3.64. The van der Waals surface area contributed by atoms with Crippen LogP contribution in [0.2, 0.25) is 0 Å². The van der Waals surface area contributed by atoms with Crippen LogP contribution >= 0.6 is 0 Å². The molecule has 0 radical (unpaired) electrons. The SMILES string of the molecule is COC(=O)C(C)(C)N(C)c1ccc(C(C)(C)C)cc1. The summed E-state index contributed by atoms with van der Waals surface area (Å²) < 4.78 is 4.86. The highest BCUT2D eigenvalue weighted by Crippen LogP contribution is 2.27. The second-order valence-corrected chi connectivity index (χ2v) is 6.41. The third-order valence-corrected chi connectivity index (χ3v) is 3.64. The number of nitrogens with zero attached hydrogens (tertiary/aromatic N) is 1. The van der Waals surface area contributed by atoms with Gasteiger partial charge in [-0.25, -0.2) is 4.79 Å². The van der Waals surface area contributed by atoms with Crippen LogP contribution in [0.4, 0.5) is 5.69 Å². The molecule has 0 saturated carbocycles. The van der Waals surface area contributed by atoms with Crippen LogP contribution in [0.5, 0.6) is 0 Å². The number of anilines is 1. The highest BCUT2D eigenvalue weighted by molar-refractivity contribution is 5.84. The summed E-state index contributed by atoms with van der Waals surface area (Å²) in [5.74, 6) is -0.241. The van der Waals surface area contributed by atoms with E-state index in [9.17, 15) is 4.79 Å². The number of methoxy groups -OCH3 is 1. The van der Waals surface area contributed by atoms with Crippen molar-refractivity contribution in [3.05, 3.63) is 29.8 Å². The number of hydrogen-bond donors (Lipinski definition) is 0. The molecule has 0 saturated heterocycles. The van der Waals surface area contributed by atoms with Crippen molar-refractivity contribution in [1.82, 2.24) is 0 Å². The van der Waals surface area contributed by atoms with Crippen LogP contribution in [0.1, 0.15) is 40.2 Å².